The van der Waals surface area contributed by atoms with Gasteiger partial charge in [-0.25, -0.2) is 0 Å². The Labute approximate surface area is 89.6 Å². The summed E-state index contributed by atoms with van der Waals surface area (Å²) in [6.07, 6.45) is 2.73. The van der Waals surface area contributed by atoms with E-state index in [4.69, 9.17) is 4.74 Å². The van der Waals surface area contributed by atoms with Gasteiger partial charge in [-0.15, -0.1) is 6.58 Å². The first kappa shape index (κ1) is 9.97. The minimum atomic E-state index is -0.0937. The maximum Gasteiger partial charge on any atom is 0.309 e. The zero-order valence-corrected chi connectivity index (χ0v) is 8.56. The Morgan fingerprint density at radius 2 is 2.20 bits per heavy atom. The number of allylic oxidation sites excluding steroid dienone is 1. The highest BCUT2D eigenvalue weighted by Crippen LogP contribution is 2.40. The van der Waals surface area contributed by atoms with Crippen molar-refractivity contribution in [2.45, 2.75) is 13.0 Å². The summed E-state index contributed by atoms with van der Waals surface area (Å²) in [7, 11) is 0. The fourth-order valence-electron chi connectivity index (χ4n) is 1.58. The van der Waals surface area contributed by atoms with Gasteiger partial charge in [0.05, 0.1) is 5.92 Å². The molecule has 0 spiro atoms. The summed E-state index contributed by atoms with van der Waals surface area (Å²) in [5.74, 6) is 0.309. The smallest absolute Gasteiger partial charge is 0.309 e. The van der Waals surface area contributed by atoms with E-state index in [1.54, 1.807) is 0 Å². The van der Waals surface area contributed by atoms with Crippen LogP contribution < -0.4 is 0 Å². The second-order valence-electron chi connectivity index (χ2n) is 3.84. The highest BCUT2D eigenvalue weighted by Gasteiger charge is 2.41. The van der Waals surface area contributed by atoms with Crippen LogP contribution in [-0.2, 0) is 16.1 Å². The number of rotatable bonds is 4. The first-order chi connectivity index (χ1) is 7.31. The van der Waals surface area contributed by atoms with E-state index >= 15 is 0 Å². The molecule has 2 nitrogen and oxygen atoms in total. The monoisotopic (exact) mass is 202 g/mol. The van der Waals surface area contributed by atoms with Crippen LogP contribution in [0, 0.1) is 11.8 Å². The molecule has 0 N–H and O–H groups in total. The first-order valence-electron chi connectivity index (χ1n) is 5.14. The summed E-state index contributed by atoms with van der Waals surface area (Å²) in [5.41, 5.74) is 1.03. The standard InChI is InChI=1S/C13H14O2/c1-2-11-8-12(11)13(14)15-9-10-6-4-3-5-7-10/h2-7,11-12H,1,8-9H2/t11-,12+/m0/s1. The van der Waals surface area contributed by atoms with Gasteiger partial charge in [0.1, 0.15) is 6.61 Å². The lowest BCUT2D eigenvalue weighted by Crippen LogP contribution is -2.07. The van der Waals surface area contributed by atoms with Crippen LogP contribution in [0.25, 0.3) is 0 Å². The Morgan fingerprint density at radius 1 is 1.47 bits per heavy atom. The summed E-state index contributed by atoms with van der Waals surface area (Å²) < 4.78 is 5.20. The molecule has 2 atom stereocenters. The summed E-state index contributed by atoms with van der Waals surface area (Å²) in [6.45, 7) is 4.04. The van der Waals surface area contributed by atoms with Crippen molar-refractivity contribution < 1.29 is 9.53 Å². The van der Waals surface area contributed by atoms with Crippen molar-refractivity contribution in [2.75, 3.05) is 0 Å². The van der Waals surface area contributed by atoms with Crippen LogP contribution >= 0.6 is 0 Å². The number of carbonyl (C=O) groups is 1. The molecule has 78 valence electrons. The van der Waals surface area contributed by atoms with Gasteiger partial charge < -0.3 is 4.74 Å². The molecule has 0 bridgehead atoms. The summed E-state index contributed by atoms with van der Waals surface area (Å²) in [4.78, 5) is 11.5. The van der Waals surface area contributed by atoms with Crippen molar-refractivity contribution in [2.24, 2.45) is 11.8 Å². The van der Waals surface area contributed by atoms with E-state index in [0.717, 1.165) is 12.0 Å². The largest absolute Gasteiger partial charge is 0.461 e. The minimum Gasteiger partial charge on any atom is -0.461 e. The number of ether oxygens (including phenoxy) is 1. The minimum absolute atomic E-state index is 0.0613. The predicted molar refractivity (Wildman–Crippen MR) is 58.0 cm³/mol. The lowest BCUT2D eigenvalue weighted by Gasteiger charge is -2.03. The van der Waals surface area contributed by atoms with Crippen LogP contribution in [0.3, 0.4) is 0 Å². The van der Waals surface area contributed by atoms with Gasteiger partial charge in [-0.2, -0.15) is 0 Å². The van der Waals surface area contributed by atoms with Crippen LogP contribution in [0.15, 0.2) is 43.0 Å². The van der Waals surface area contributed by atoms with E-state index in [2.05, 4.69) is 6.58 Å². The highest BCUT2D eigenvalue weighted by atomic mass is 16.5. The van der Waals surface area contributed by atoms with Gasteiger partial charge in [0.2, 0.25) is 0 Å². The molecule has 1 aliphatic carbocycles. The van der Waals surface area contributed by atoms with E-state index in [1.807, 2.05) is 36.4 Å². The van der Waals surface area contributed by atoms with Gasteiger partial charge in [-0.1, -0.05) is 36.4 Å². The van der Waals surface area contributed by atoms with Crippen molar-refractivity contribution in [3.63, 3.8) is 0 Å². The Balaban J connectivity index is 1.79. The lowest BCUT2D eigenvalue weighted by atomic mass is 10.2. The van der Waals surface area contributed by atoms with E-state index < -0.39 is 0 Å². The number of hydrogen-bond acceptors (Lipinski definition) is 2. The van der Waals surface area contributed by atoms with E-state index in [-0.39, 0.29) is 11.9 Å². The highest BCUT2D eigenvalue weighted by molar-refractivity contribution is 5.76. The molecule has 0 unspecified atom stereocenters. The van der Waals surface area contributed by atoms with Crippen molar-refractivity contribution in [3.8, 4) is 0 Å². The van der Waals surface area contributed by atoms with Crippen molar-refractivity contribution in [1.29, 1.82) is 0 Å². The van der Waals surface area contributed by atoms with Crippen LogP contribution in [0.4, 0.5) is 0 Å². The summed E-state index contributed by atoms with van der Waals surface area (Å²) >= 11 is 0. The predicted octanol–water partition coefficient (Wildman–Crippen LogP) is 2.55. The fourth-order valence-corrected chi connectivity index (χ4v) is 1.58. The van der Waals surface area contributed by atoms with Crippen LogP contribution in [0.1, 0.15) is 12.0 Å². The van der Waals surface area contributed by atoms with Crippen molar-refractivity contribution in [1.82, 2.24) is 0 Å². The van der Waals surface area contributed by atoms with Crippen molar-refractivity contribution >= 4 is 5.97 Å². The van der Waals surface area contributed by atoms with Gasteiger partial charge in [-0.3, -0.25) is 4.79 Å². The maximum absolute atomic E-state index is 11.5. The molecule has 0 radical (unpaired) electrons. The molecule has 0 saturated heterocycles. The average molecular weight is 202 g/mol. The molecule has 1 aromatic rings. The number of esters is 1. The van der Waals surface area contributed by atoms with E-state index in [0.29, 0.717) is 12.5 Å². The Morgan fingerprint density at radius 3 is 2.80 bits per heavy atom. The van der Waals surface area contributed by atoms with Gasteiger partial charge >= 0.3 is 5.97 Å². The second kappa shape index (κ2) is 4.30. The Hall–Kier alpha value is -1.57. The summed E-state index contributed by atoms with van der Waals surface area (Å²) in [5, 5.41) is 0. The van der Waals surface area contributed by atoms with Crippen LogP contribution in [-0.4, -0.2) is 5.97 Å². The SMILES string of the molecule is C=C[C@H]1C[C@H]1C(=O)OCc1ccccc1. The second-order valence-corrected chi connectivity index (χ2v) is 3.84. The van der Waals surface area contributed by atoms with Crippen LogP contribution in [0.5, 0.6) is 0 Å². The zero-order valence-electron chi connectivity index (χ0n) is 8.56. The molecule has 1 fully saturated rings. The third-order valence-corrected chi connectivity index (χ3v) is 2.67. The molecular formula is C13H14O2. The molecule has 1 aromatic carbocycles. The molecule has 15 heavy (non-hydrogen) atoms. The third kappa shape index (κ3) is 2.46. The summed E-state index contributed by atoms with van der Waals surface area (Å²) in [6, 6.07) is 9.72. The first-order valence-corrected chi connectivity index (χ1v) is 5.14. The molecule has 0 aliphatic heterocycles. The van der Waals surface area contributed by atoms with Crippen LogP contribution in [0.2, 0.25) is 0 Å². The average Bonchev–Trinajstić information content (AvgIpc) is 3.06. The van der Waals surface area contributed by atoms with Gasteiger partial charge in [-0.05, 0) is 17.9 Å². The van der Waals surface area contributed by atoms with E-state index in [1.165, 1.54) is 0 Å². The van der Waals surface area contributed by atoms with Gasteiger partial charge in [0.25, 0.3) is 0 Å². The molecule has 1 aliphatic rings. The Kier molecular flexibility index (Phi) is 2.86. The molecule has 1 saturated carbocycles. The zero-order chi connectivity index (χ0) is 10.7. The maximum atomic E-state index is 11.5. The number of hydrogen-bond donors (Lipinski definition) is 0. The lowest BCUT2D eigenvalue weighted by molar-refractivity contribution is -0.146. The number of benzene rings is 1. The Bertz CT molecular complexity index is 356. The molecule has 0 heterocycles. The molecular weight excluding hydrogens is 188 g/mol. The molecule has 0 aromatic heterocycles. The van der Waals surface area contributed by atoms with Gasteiger partial charge in [0.15, 0.2) is 0 Å². The molecule has 2 heteroatoms. The topological polar surface area (TPSA) is 26.3 Å². The molecule has 0 amide bonds. The van der Waals surface area contributed by atoms with Crippen molar-refractivity contribution in [3.05, 3.63) is 48.6 Å². The number of carbonyl (C=O) groups excluding carboxylic acids is 1. The fraction of sp³-hybridized carbons (Fsp3) is 0.308. The third-order valence-electron chi connectivity index (χ3n) is 2.67. The van der Waals surface area contributed by atoms with Gasteiger partial charge in [0, 0.05) is 0 Å². The van der Waals surface area contributed by atoms with E-state index in [9.17, 15) is 4.79 Å². The molecule has 2 rings (SSSR count). The normalized spacial score (nSPS) is 23.2. The quantitative estimate of drug-likeness (QED) is 0.554.